The van der Waals surface area contributed by atoms with Crippen LogP contribution in [0.5, 0.6) is 5.75 Å². The molecule has 154 valence electrons. The van der Waals surface area contributed by atoms with Gasteiger partial charge in [-0.05, 0) is 30.7 Å². The number of aryl methyl sites for hydroxylation is 1. The van der Waals surface area contributed by atoms with E-state index in [1.165, 1.54) is 22.5 Å². The van der Waals surface area contributed by atoms with Crippen LogP contribution < -0.4 is 14.5 Å². The van der Waals surface area contributed by atoms with Crippen molar-refractivity contribution in [3.8, 4) is 5.75 Å². The Morgan fingerprint density at radius 2 is 2.14 bits per heavy atom. The van der Waals surface area contributed by atoms with Gasteiger partial charge in [-0.1, -0.05) is 17.4 Å². The highest BCUT2D eigenvalue weighted by Gasteiger charge is 2.25. The smallest absolute Gasteiger partial charge is 0.295 e. The molecule has 1 saturated heterocycles. The highest BCUT2D eigenvalue weighted by molar-refractivity contribution is 7.22. The molecule has 1 aliphatic heterocycles. The standard InChI is InChI=1S/C21H25N3O4S/c1-15-6-7-16(26-2)18-19(15)29-21(22-18)24(20(25)17-5-3-12-28-17)9-4-8-23-10-13-27-14-11-23/h3,5-7,12H,4,8-11,13-14H2,1-2H3/p+1. The van der Waals surface area contributed by atoms with Crippen LogP contribution in [0.25, 0.3) is 10.2 Å². The van der Waals surface area contributed by atoms with Gasteiger partial charge in [0.05, 0.1) is 37.8 Å². The van der Waals surface area contributed by atoms with Crippen molar-refractivity contribution in [2.75, 3.05) is 51.4 Å². The number of amides is 1. The maximum absolute atomic E-state index is 13.1. The van der Waals surface area contributed by atoms with Crippen molar-refractivity contribution in [3.63, 3.8) is 0 Å². The molecule has 1 aliphatic rings. The van der Waals surface area contributed by atoms with Gasteiger partial charge in [-0.2, -0.15) is 0 Å². The summed E-state index contributed by atoms with van der Waals surface area (Å²) in [5, 5.41) is 0.672. The van der Waals surface area contributed by atoms with E-state index < -0.39 is 0 Å². The quantitative estimate of drug-likeness (QED) is 0.639. The molecular weight excluding hydrogens is 390 g/mol. The third-order valence-corrected chi connectivity index (χ3v) is 6.45. The number of ether oxygens (including phenoxy) is 2. The fourth-order valence-corrected chi connectivity index (χ4v) is 4.67. The lowest BCUT2D eigenvalue weighted by Gasteiger charge is -2.25. The molecule has 7 nitrogen and oxygen atoms in total. The van der Waals surface area contributed by atoms with Gasteiger partial charge in [-0.3, -0.25) is 9.69 Å². The number of aromatic nitrogens is 1. The first-order valence-electron chi connectivity index (χ1n) is 9.88. The van der Waals surface area contributed by atoms with Gasteiger partial charge in [0, 0.05) is 13.0 Å². The molecule has 0 radical (unpaired) electrons. The fourth-order valence-electron chi connectivity index (χ4n) is 3.59. The van der Waals surface area contributed by atoms with E-state index in [-0.39, 0.29) is 5.91 Å². The van der Waals surface area contributed by atoms with Gasteiger partial charge in [-0.15, -0.1) is 0 Å². The fraction of sp³-hybridized carbons (Fsp3) is 0.429. The van der Waals surface area contributed by atoms with E-state index in [2.05, 4.69) is 0 Å². The predicted octanol–water partition coefficient (Wildman–Crippen LogP) is 2.16. The number of benzene rings is 1. The summed E-state index contributed by atoms with van der Waals surface area (Å²) in [5.74, 6) is 0.880. The number of nitrogens with one attached hydrogen (secondary N) is 1. The van der Waals surface area contributed by atoms with Gasteiger partial charge in [0.25, 0.3) is 5.91 Å². The monoisotopic (exact) mass is 416 g/mol. The summed E-state index contributed by atoms with van der Waals surface area (Å²) in [5.41, 5.74) is 1.91. The Hall–Kier alpha value is -2.42. The lowest BCUT2D eigenvalue weighted by atomic mass is 10.2. The Morgan fingerprint density at radius 3 is 2.86 bits per heavy atom. The van der Waals surface area contributed by atoms with Crippen LogP contribution in [-0.2, 0) is 4.74 Å². The van der Waals surface area contributed by atoms with Crippen LogP contribution >= 0.6 is 11.3 Å². The zero-order valence-electron chi connectivity index (χ0n) is 16.8. The molecule has 8 heteroatoms. The molecule has 3 aromatic rings. The van der Waals surface area contributed by atoms with E-state index in [0.29, 0.717) is 17.4 Å². The number of morpholine rings is 1. The van der Waals surface area contributed by atoms with Crippen LogP contribution in [0.2, 0.25) is 0 Å². The van der Waals surface area contributed by atoms with Crippen molar-refractivity contribution < 1.29 is 23.6 Å². The lowest BCUT2D eigenvalue weighted by molar-refractivity contribution is -0.908. The third-order valence-electron chi connectivity index (χ3n) is 5.23. The normalized spacial score (nSPS) is 15.0. The zero-order chi connectivity index (χ0) is 20.2. The number of nitrogens with zero attached hydrogens (tertiary/aromatic N) is 2. The van der Waals surface area contributed by atoms with E-state index in [9.17, 15) is 4.79 Å². The molecular formula is C21H26N3O4S+. The molecule has 0 unspecified atom stereocenters. The molecule has 0 aliphatic carbocycles. The largest absolute Gasteiger partial charge is 0.494 e. The third kappa shape index (κ3) is 4.29. The first-order chi connectivity index (χ1) is 14.2. The number of thiazole rings is 1. The number of quaternary nitrogens is 1. The number of furan rings is 1. The Kier molecular flexibility index (Phi) is 6.13. The highest BCUT2D eigenvalue weighted by Crippen LogP contribution is 2.36. The molecule has 1 aromatic carbocycles. The number of fused-ring (bicyclic) bond motifs is 1. The van der Waals surface area contributed by atoms with E-state index in [4.69, 9.17) is 18.9 Å². The number of hydrogen-bond acceptors (Lipinski definition) is 6. The first-order valence-corrected chi connectivity index (χ1v) is 10.7. The maximum Gasteiger partial charge on any atom is 0.295 e. The number of methoxy groups -OCH3 is 1. The van der Waals surface area contributed by atoms with Crippen LogP contribution in [0.3, 0.4) is 0 Å². The number of rotatable bonds is 7. The van der Waals surface area contributed by atoms with Crippen molar-refractivity contribution in [2.45, 2.75) is 13.3 Å². The van der Waals surface area contributed by atoms with Crippen LogP contribution in [0.15, 0.2) is 34.9 Å². The number of carbonyl (C=O) groups excluding carboxylic acids is 1. The summed E-state index contributed by atoms with van der Waals surface area (Å²) < 4.78 is 17.3. The molecule has 1 fully saturated rings. The van der Waals surface area contributed by atoms with Crippen LogP contribution in [0.1, 0.15) is 22.5 Å². The summed E-state index contributed by atoms with van der Waals surface area (Å²) >= 11 is 1.52. The molecule has 3 heterocycles. The molecule has 29 heavy (non-hydrogen) atoms. The van der Waals surface area contributed by atoms with Crippen molar-refractivity contribution in [2.24, 2.45) is 0 Å². The van der Waals surface area contributed by atoms with Crippen molar-refractivity contribution in [3.05, 3.63) is 41.9 Å². The van der Waals surface area contributed by atoms with Gasteiger partial charge < -0.3 is 18.8 Å². The molecule has 2 aromatic heterocycles. The Morgan fingerprint density at radius 1 is 1.31 bits per heavy atom. The maximum atomic E-state index is 13.1. The molecule has 1 amide bonds. The van der Waals surface area contributed by atoms with Crippen molar-refractivity contribution in [1.82, 2.24) is 4.98 Å². The SMILES string of the molecule is COc1ccc(C)c2sc(N(CCC[NH+]3CCOCC3)C(=O)c3ccco3)nc12. The highest BCUT2D eigenvalue weighted by atomic mass is 32.1. The van der Waals surface area contributed by atoms with Crippen LogP contribution in [0, 0.1) is 6.92 Å². The Balaban J connectivity index is 1.60. The average molecular weight is 417 g/mol. The van der Waals surface area contributed by atoms with Gasteiger partial charge in [0.1, 0.15) is 24.4 Å². The predicted molar refractivity (Wildman–Crippen MR) is 112 cm³/mol. The average Bonchev–Trinajstić information content (AvgIpc) is 3.43. The second kappa shape index (κ2) is 8.94. The van der Waals surface area contributed by atoms with Crippen molar-refractivity contribution >= 4 is 32.6 Å². The summed E-state index contributed by atoms with van der Waals surface area (Å²) in [6, 6.07) is 7.36. The number of anilines is 1. The van der Waals surface area contributed by atoms with E-state index in [1.54, 1.807) is 24.1 Å². The summed E-state index contributed by atoms with van der Waals surface area (Å²) in [6.07, 6.45) is 2.41. The number of carbonyl (C=O) groups is 1. The molecule has 0 saturated carbocycles. The topological polar surface area (TPSA) is 69.2 Å². The minimum absolute atomic E-state index is 0.164. The summed E-state index contributed by atoms with van der Waals surface area (Å²) in [7, 11) is 1.64. The summed E-state index contributed by atoms with van der Waals surface area (Å²) in [6.45, 7) is 7.28. The second-order valence-corrected chi connectivity index (χ2v) is 8.14. The molecule has 0 spiro atoms. The molecule has 0 atom stereocenters. The van der Waals surface area contributed by atoms with E-state index >= 15 is 0 Å². The van der Waals surface area contributed by atoms with Crippen LogP contribution in [-0.4, -0.2) is 57.4 Å². The second-order valence-electron chi connectivity index (χ2n) is 7.16. The van der Waals surface area contributed by atoms with E-state index in [1.807, 2.05) is 19.1 Å². The number of hydrogen-bond donors (Lipinski definition) is 1. The van der Waals surface area contributed by atoms with Gasteiger partial charge >= 0.3 is 0 Å². The lowest BCUT2D eigenvalue weighted by Crippen LogP contribution is -3.14. The molecule has 1 N–H and O–H groups in total. The molecule has 0 bridgehead atoms. The minimum atomic E-state index is -0.164. The van der Waals surface area contributed by atoms with Crippen molar-refractivity contribution in [1.29, 1.82) is 0 Å². The first kappa shape index (κ1) is 19.9. The van der Waals surface area contributed by atoms with E-state index in [0.717, 1.165) is 60.8 Å². The zero-order valence-corrected chi connectivity index (χ0v) is 17.6. The Bertz CT molecular complexity index is 964. The molecule has 4 rings (SSSR count). The van der Waals surface area contributed by atoms with Gasteiger partial charge in [0.15, 0.2) is 10.9 Å². The Labute approximate surface area is 173 Å². The minimum Gasteiger partial charge on any atom is -0.494 e. The summed E-state index contributed by atoms with van der Waals surface area (Å²) in [4.78, 5) is 21.2. The van der Waals surface area contributed by atoms with Gasteiger partial charge in [-0.25, -0.2) is 4.98 Å². The van der Waals surface area contributed by atoms with Gasteiger partial charge in [0.2, 0.25) is 0 Å². The van der Waals surface area contributed by atoms with Crippen LogP contribution in [0.4, 0.5) is 5.13 Å².